The van der Waals surface area contributed by atoms with E-state index in [1.807, 2.05) is 0 Å². The van der Waals surface area contributed by atoms with Gasteiger partial charge in [-0.3, -0.25) is 19.3 Å². The summed E-state index contributed by atoms with van der Waals surface area (Å²) in [4.78, 5) is 40.2. The summed E-state index contributed by atoms with van der Waals surface area (Å²) in [6.07, 6.45) is 0.259. The van der Waals surface area contributed by atoms with Gasteiger partial charge in [0.2, 0.25) is 5.91 Å². The lowest BCUT2D eigenvalue weighted by atomic mass is 10.1. The van der Waals surface area contributed by atoms with Crippen LogP contribution in [0, 0.1) is 0 Å². The SMILES string of the molecule is CC(C)(C)[Si](C)(C)OC1CC(=O)N(CCN2C(=O)c3ccccc3C2=O)C1. The van der Waals surface area contributed by atoms with Gasteiger partial charge in [0.15, 0.2) is 8.32 Å². The Morgan fingerprint density at radius 3 is 2.11 bits per heavy atom. The quantitative estimate of drug-likeness (QED) is 0.575. The van der Waals surface area contributed by atoms with Crippen LogP contribution >= 0.6 is 0 Å². The first kappa shape index (κ1) is 19.8. The van der Waals surface area contributed by atoms with Gasteiger partial charge in [-0.1, -0.05) is 32.9 Å². The van der Waals surface area contributed by atoms with E-state index in [0.717, 1.165) is 0 Å². The molecule has 0 N–H and O–H groups in total. The van der Waals surface area contributed by atoms with Crippen LogP contribution in [0.15, 0.2) is 24.3 Å². The Morgan fingerprint density at radius 2 is 1.59 bits per heavy atom. The van der Waals surface area contributed by atoms with Gasteiger partial charge in [0.1, 0.15) is 0 Å². The molecule has 0 radical (unpaired) electrons. The molecule has 3 amide bonds. The molecule has 0 bridgehead atoms. The minimum absolute atomic E-state index is 0.0234. The van der Waals surface area contributed by atoms with Crippen LogP contribution < -0.4 is 0 Å². The topological polar surface area (TPSA) is 66.9 Å². The van der Waals surface area contributed by atoms with E-state index >= 15 is 0 Å². The number of carbonyl (C=O) groups excluding carboxylic acids is 3. The second kappa shape index (κ2) is 6.87. The van der Waals surface area contributed by atoms with Gasteiger partial charge in [-0.2, -0.15) is 0 Å². The lowest BCUT2D eigenvalue weighted by Crippen LogP contribution is -2.45. The van der Waals surface area contributed by atoms with Crippen LogP contribution in [0.2, 0.25) is 18.1 Å². The van der Waals surface area contributed by atoms with E-state index in [2.05, 4.69) is 33.9 Å². The van der Waals surface area contributed by atoms with Crippen molar-refractivity contribution in [2.75, 3.05) is 19.6 Å². The van der Waals surface area contributed by atoms with E-state index in [1.54, 1.807) is 29.2 Å². The average Bonchev–Trinajstić information content (AvgIpc) is 3.03. The Kier molecular flexibility index (Phi) is 5.03. The number of amides is 3. The highest BCUT2D eigenvalue weighted by Crippen LogP contribution is 2.38. The van der Waals surface area contributed by atoms with E-state index < -0.39 is 8.32 Å². The number of nitrogens with zero attached hydrogens (tertiary/aromatic N) is 2. The lowest BCUT2D eigenvalue weighted by Gasteiger charge is -2.38. The molecule has 1 aromatic rings. The maximum absolute atomic E-state index is 12.4. The van der Waals surface area contributed by atoms with Crippen molar-refractivity contribution in [3.63, 3.8) is 0 Å². The van der Waals surface area contributed by atoms with Crippen molar-refractivity contribution in [1.82, 2.24) is 9.80 Å². The number of benzene rings is 1. The van der Waals surface area contributed by atoms with Gasteiger partial charge in [0.05, 0.1) is 23.7 Å². The number of likely N-dealkylation sites (tertiary alicyclic amines) is 1. The van der Waals surface area contributed by atoms with Crippen molar-refractivity contribution in [3.05, 3.63) is 35.4 Å². The highest BCUT2D eigenvalue weighted by molar-refractivity contribution is 6.74. The molecule has 1 unspecified atom stereocenters. The number of imide groups is 1. The lowest BCUT2D eigenvalue weighted by molar-refractivity contribution is -0.127. The molecular weight excluding hydrogens is 360 g/mol. The zero-order chi connectivity index (χ0) is 20.0. The third-order valence-electron chi connectivity index (χ3n) is 5.92. The minimum atomic E-state index is -1.94. The van der Waals surface area contributed by atoms with Crippen LogP contribution in [0.25, 0.3) is 0 Å². The van der Waals surface area contributed by atoms with E-state index in [9.17, 15) is 14.4 Å². The van der Waals surface area contributed by atoms with Gasteiger partial charge in [0.25, 0.3) is 11.8 Å². The predicted molar refractivity (Wildman–Crippen MR) is 105 cm³/mol. The summed E-state index contributed by atoms with van der Waals surface area (Å²) in [5.41, 5.74) is 0.878. The van der Waals surface area contributed by atoms with E-state index in [4.69, 9.17) is 4.43 Å². The molecule has 0 spiro atoms. The van der Waals surface area contributed by atoms with Crippen molar-refractivity contribution in [3.8, 4) is 0 Å². The standard InChI is InChI=1S/C20H28N2O4Si/c1-20(2,3)27(4,5)26-14-12-17(23)21(13-14)10-11-22-18(24)15-8-6-7-9-16(15)19(22)25/h6-9,14H,10-13H2,1-5H3. The van der Waals surface area contributed by atoms with Gasteiger partial charge in [-0.25, -0.2) is 0 Å². The number of fused-ring (bicyclic) bond motifs is 1. The molecule has 146 valence electrons. The molecule has 0 saturated carbocycles. The van der Waals surface area contributed by atoms with Crippen LogP contribution in [0.5, 0.6) is 0 Å². The summed E-state index contributed by atoms with van der Waals surface area (Å²) in [7, 11) is -1.94. The van der Waals surface area contributed by atoms with Gasteiger partial charge >= 0.3 is 0 Å². The van der Waals surface area contributed by atoms with Crippen LogP contribution in [0.1, 0.15) is 47.9 Å². The van der Waals surface area contributed by atoms with Crippen molar-refractivity contribution >= 4 is 26.0 Å². The third-order valence-corrected chi connectivity index (χ3v) is 10.5. The van der Waals surface area contributed by atoms with Crippen molar-refractivity contribution in [2.24, 2.45) is 0 Å². The molecule has 27 heavy (non-hydrogen) atoms. The first-order chi connectivity index (χ1) is 12.5. The van der Waals surface area contributed by atoms with E-state index in [-0.39, 0.29) is 35.4 Å². The molecule has 1 fully saturated rings. The fraction of sp³-hybridized carbons (Fsp3) is 0.550. The maximum Gasteiger partial charge on any atom is 0.261 e. The second-order valence-corrected chi connectivity index (χ2v) is 13.6. The van der Waals surface area contributed by atoms with Crippen LogP contribution in [0.3, 0.4) is 0 Å². The molecule has 1 atom stereocenters. The van der Waals surface area contributed by atoms with Crippen molar-refractivity contribution in [2.45, 2.75) is 51.4 Å². The summed E-state index contributed by atoms with van der Waals surface area (Å²) in [5, 5.41) is 0.0869. The fourth-order valence-corrected chi connectivity index (χ4v) is 4.63. The van der Waals surface area contributed by atoms with Gasteiger partial charge < -0.3 is 9.33 Å². The largest absolute Gasteiger partial charge is 0.412 e. The Hall–Kier alpha value is -1.99. The molecule has 6 nitrogen and oxygen atoms in total. The van der Waals surface area contributed by atoms with Crippen LogP contribution in [-0.2, 0) is 9.22 Å². The Labute approximate surface area is 161 Å². The highest BCUT2D eigenvalue weighted by Gasteiger charge is 2.42. The molecule has 2 heterocycles. The maximum atomic E-state index is 12.4. The van der Waals surface area contributed by atoms with E-state index in [1.165, 1.54) is 4.90 Å². The molecular formula is C20H28N2O4Si. The number of carbonyl (C=O) groups is 3. The van der Waals surface area contributed by atoms with Gasteiger partial charge in [-0.05, 0) is 30.3 Å². The van der Waals surface area contributed by atoms with Crippen molar-refractivity contribution in [1.29, 1.82) is 0 Å². The fourth-order valence-electron chi connectivity index (χ4n) is 3.29. The number of rotatable bonds is 5. The summed E-state index contributed by atoms with van der Waals surface area (Å²) in [6.45, 7) is 12.0. The smallest absolute Gasteiger partial charge is 0.261 e. The summed E-state index contributed by atoms with van der Waals surface area (Å²) in [5.74, 6) is -0.539. The van der Waals surface area contributed by atoms with Crippen molar-refractivity contribution < 1.29 is 18.8 Å². The number of hydrogen-bond acceptors (Lipinski definition) is 4. The molecule has 7 heteroatoms. The molecule has 0 aliphatic carbocycles. The zero-order valence-corrected chi connectivity index (χ0v) is 17.7. The van der Waals surface area contributed by atoms with E-state index in [0.29, 0.717) is 30.6 Å². The summed E-state index contributed by atoms with van der Waals surface area (Å²) in [6, 6.07) is 6.83. The summed E-state index contributed by atoms with van der Waals surface area (Å²) >= 11 is 0. The van der Waals surface area contributed by atoms with Gasteiger partial charge in [-0.15, -0.1) is 0 Å². The summed E-state index contributed by atoms with van der Waals surface area (Å²) < 4.78 is 6.36. The molecule has 2 aliphatic rings. The first-order valence-electron chi connectivity index (χ1n) is 9.42. The van der Waals surface area contributed by atoms with Crippen LogP contribution in [0.4, 0.5) is 0 Å². The van der Waals surface area contributed by atoms with Gasteiger partial charge in [0, 0.05) is 19.6 Å². The Morgan fingerprint density at radius 1 is 1.04 bits per heavy atom. The molecule has 0 aromatic heterocycles. The highest BCUT2D eigenvalue weighted by atomic mass is 28.4. The molecule has 1 saturated heterocycles. The zero-order valence-electron chi connectivity index (χ0n) is 16.7. The Bertz CT molecular complexity index is 749. The molecule has 2 aliphatic heterocycles. The Balaban J connectivity index is 1.59. The van der Waals surface area contributed by atoms with Crippen LogP contribution in [-0.4, -0.2) is 61.6 Å². The second-order valence-electron chi connectivity index (χ2n) is 8.85. The average molecular weight is 389 g/mol. The molecule has 3 rings (SSSR count). The monoisotopic (exact) mass is 388 g/mol. The molecule has 1 aromatic carbocycles. The minimum Gasteiger partial charge on any atom is -0.412 e. The normalized spacial score (nSPS) is 20.6. The first-order valence-corrected chi connectivity index (χ1v) is 12.3. The predicted octanol–water partition coefficient (Wildman–Crippen LogP) is 2.91. The number of hydrogen-bond donors (Lipinski definition) is 0. The third kappa shape index (κ3) is 3.71.